The van der Waals surface area contributed by atoms with Crippen molar-refractivity contribution in [1.29, 1.82) is 0 Å². The molecule has 6 nitrogen and oxygen atoms in total. The van der Waals surface area contributed by atoms with Crippen molar-refractivity contribution in [2.75, 3.05) is 13.1 Å². The van der Waals surface area contributed by atoms with Crippen molar-refractivity contribution >= 4 is 12.2 Å². The van der Waals surface area contributed by atoms with Gasteiger partial charge in [0, 0.05) is 0 Å². The Morgan fingerprint density at radius 2 is 1.92 bits per heavy atom. The van der Waals surface area contributed by atoms with E-state index in [1.807, 2.05) is 6.07 Å². The molecule has 138 valence electrons. The molecule has 0 aromatic heterocycles. The highest BCUT2D eigenvalue weighted by molar-refractivity contribution is 5.70. The maximum atomic E-state index is 14.1. The fraction of sp³-hybridized carbons (Fsp3) is 0.529. The average Bonchev–Trinajstić information content (AvgIpc) is 2.80. The summed E-state index contributed by atoms with van der Waals surface area (Å²) in [6, 6.07) is 7.35. The number of nitrogens with one attached hydrogen (secondary N) is 1. The van der Waals surface area contributed by atoms with Gasteiger partial charge in [0.25, 0.3) is 5.92 Å². The molecule has 1 aromatic rings. The van der Waals surface area contributed by atoms with Crippen LogP contribution in [-0.4, -0.2) is 47.7 Å². The summed E-state index contributed by atoms with van der Waals surface area (Å²) in [6.07, 6.45) is -1.80. The largest absolute Gasteiger partial charge is 0.445 e. The van der Waals surface area contributed by atoms with Crippen molar-refractivity contribution in [1.82, 2.24) is 10.2 Å². The van der Waals surface area contributed by atoms with Gasteiger partial charge in [-0.2, -0.15) is 0 Å². The first-order valence-corrected chi connectivity index (χ1v) is 7.90. The zero-order valence-corrected chi connectivity index (χ0v) is 14.4. The van der Waals surface area contributed by atoms with Gasteiger partial charge < -0.3 is 14.8 Å². The standard InChI is InChI=1S/C17H22F2N2O4/c1-16(2,3)25-15(23)21-9-13(17(18,19)11-21)20-14(22)24-10-12-7-5-4-6-8-12/h4-8,13H,9-11H2,1-3H3,(H,20,22). The van der Waals surface area contributed by atoms with E-state index in [0.717, 1.165) is 10.5 Å². The molecule has 2 amide bonds. The van der Waals surface area contributed by atoms with Crippen molar-refractivity contribution in [3.05, 3.63) is 35.9 Å². The van der Waals surface area contributed by atoms with Gasteiger partial charge >= 0.3 is 12.2 Å². The number of amides is 2. The van der Waals surface area contributed by atoms with E-state index in [1.54, 1.807) is 45.0 Å². The number of likely N-dealkylation sites (tertiary alicyclic amines) is 1. The van der Waals surface area contributed by atoms with Crippen molar-refractivity contribution in [2.45, 2.75) is 44.9 Å². The number of benzene rings is 1. The number of halogens is 2. The van der Waals surface area contributed by atoms with Crippen LogP contribution in [0.4, 0.5) is 18.4 Å². The lowest BCUT2D eigenvalue weighted by Gasteiger charge is -2.24. The van der Waals surface area contributed by atoms with Crippen LogP contribution in [0.3, 0.4) is 0 Å². The Hall–Kier alpha value is -2.38. The molecule has 0 bridgehead atoms. The fourth-order valence-electron chi connectivity index (χ4n) is 2.31. The Morgan fingerprint density at radius 3 is 2.52 bits per heavy atom. The third-order valence-corrected chi connectivity index (χ3v) is 3.47. The summed E-state index contributed by atoms with van der Waals surface area (Å²) in [7, 11) is 0. The first-order valence-electron chi connectivity index (χ1n) is 7.90. The van der Waals surface area contributed by atoms with Crippen LogP contribution in [-0.2, 0) is 16.1 Å². The van der Waals surface area contributed by atoms with Gasteiger partial charge in [-0.25, -0.2) is 18.4 Å². The van der Waals surface area contributed by atoms with Crippen LogP contribution in [0.5, 0.6) is 0 Å². The van der Waals surface area contributed by atoms with E-state index in [2.05, 4.69) is 5.32 Å². The number of carbonyl (C=O) groups is 2. The number of nitrogens with zero attached hydrogens (tertiary/aromatic N) is 1. The number of ether oxygens (including phenoxy) is 2. The number of carbonyl (C=O) groups excluding carboxylic acids is 2. The molecular formula is C17H22F2N2O4. The Balaban J connectivity index is 1.88. The molecule has 1 aliphatic rings. The van der Waals surface area contributed by atoms with E-state index < -0.39 is 36.3 Å². The highest BCUT2D eigenvalue weighted by Crippen LogP contribution is 2.29. The van der Waals surface area contributed by atoms with E-state index in [0.29, 0.717) is 0 Å². The number of alkyl carbamates (subject to hydrolysis) is 1. The maximum absolute atomic E-state index is 14.1. The molecular weight excluding hydrogens is 334 g/mol. The van der Waals surface area contributed by atoms with E-state index in [1.165, 1.54) is 0 Å². The molecule has 1 saturated heterocycles. The summed E-state index contributed by atoms with van der Waals surface area (Å²) in [5, 5.41) is 2.13. The minimum atomic E-state index is -3.26. The van der Waals surface area contributed by atoms with E-state index in [9.17, 15) is 18.4 Å². The van der Waals surface area contributed by atoms with E-state index >= 15 is 0 Å². The molecule has 0 radical (unpaired) electrons. The summed E-state index contributed by atoms with van der Waals surface area (Å²) in [4.78, 5) is 24.6. The minimum absolute atomic E-state index is 0.0270. The molecule has 1 heterocycles. The van der Waals surface area contributed by atoms with Gasteiger partial charge in [0.05, 0.1) is 13.1 Å². The van der Waals surface area contributed by atoms with Crippen LogP contribution >= 0.6 is 0 Å². The van der Waals surface area contributed by atoms with Crippen LogP contribution in [0, 0.1) is 0 Å². The average molecular weight is 356 g/mol. The number of rotatable bonds is 3. The molecule has 1 aliphatic heterocycles. The lowest BCUT2D eigenvalue weighted by molar-refractivity contribution is -0.0164. The summed E-state index contributed by atoms with van der Waals surface area (Å²) in [5.74, 6) is -3.26. The van der Waals surface area contributed by atoms with Crippen molar-refractivity contribution < 1.29 is 27.8 Å². The topological polar surface area (TPSA) is 67.9 Å². The van der Waals surface area contributed by atoms with Crippen molar-refractivity contribution in [3.8, 4) is 0 Å². The first-order chi connectivity index (χ1) is 11.6. The Kier molecular flexibility index (Phi) is 5.49. The maximum Gasteiger partial charge on any atom is 0.410 e. The Morgan fingerprint density at radius 1 is 1.28 bits per heavy atom. The van der Waals surface area contributed by atoms with E-state index in [-0.39, 0.29) is 13.2 Å². The molecule has 0 aliphatic carbocycles. The highest BCUT2D eigenvalue weighted by atomic mass is 19.3. The second kappa shape index (κ2) is 7.25. The minimum Gasteiger partial charge on any atom is -0.445 e. The van der Waals surface area contributed by atoms with E-state index in [4.69, 9.17) is 9.47 Å². The summed E-state index contributed by atoms with van der Waals surface area (Å²) >= 11 is 0. The molecule has 1 atom stereocenters. The molecule has 2 rings (SSSR count). The predicted molar refractivity (Wildman–Crippen MR) is 86.3 cm³/mol. The van der Waals surface area contributed by atoms with Gasteiger partial charge in [-0.05, 0) is 26.3 Å². The summed E-state index contributed by atoms with van der Waals surface area (Å²) in [5.41, 5.74) is -0.0434. The predicted octanol–water partition coefficient (Wildman–Crippen LogP) is 3.17. The monoisotopic (exact) mass is 356 g/mol. The zero-order valence-electron chi connectivity index (χ0n) is 14.4. The quantitative estimate of drug-likeness (QED) is 0.903. The van der Waals surface area contributed by atoms with Crippen LogP contribution < -0.4 is 5.32 Å². The molecule has 8 heteroatoms. The molecule has 1 fully saturated rings. The van der Waals surface area contributed by atoms with Crippen LogP contribution in [0.25, 0.3) is 0 Å². The van der Waals surface area contributed by atoms with Crippen molar-refractivity contribution in [2.24, 2.45) is 0 Å². The Bertz CT molecular complexity index is 617. The van der Waals surface area contributed by atoms with Crippen LogP contribution in [0.2, 0.25) is 0 Å². The molecule has 1 aromatic carbocycles. The molecule has 0 spiro atoms. The fourth-order valence-corrected chi connectivity index (χ4v) is 2.31. The lowest BCUT2D eigenvalue weighted by Crippen LogP contribution is -2.46. The molecule has 25 heavy (non-hydrogen) atoms. The zero-order chi connectivity index (χ0) is 18.7. The lowest BCUT2D eigenvalue weighted by atomic mass is 10.2. The SMILES string of the molecule is CC(C)(C)OC(=O)N1CC(NC(=O)OCc2ccccc2)C(F)(F)C1. The van der Waals surface area contributed by atoms with Crippen molar-refractivity contribution in [3.63, 3.8) is 0 Å². The summed E-state index contributed by atoms with van der Waals surface area (Å²) < 4.78 is 38.1. The number of hydrogen-bond donors (Lipinski definition) is 1. The van der Waals surface area contributed by atoms with Crippen LogP contribution in [0.15, 0.2) is 30.3 Å². The first kappa shape index (κ1) is 19.0. The molecule has 0 saturated carbocycles. The van der Waals surface area contributed by atoms with Gasteiger partial charge in [0.1, 0.15) is 18.2 Å². The van der Waals surface area contributed by atoms with Gasteiger partial charge in [-0.15, -0.1) is 0 Å². The van der Waals surface area contributed by atoms with Gasteiger partial charge in [0.2, 0.25) is 0 Å². The van der Waals surface area contributed by atoms with Crippen LogP contribution in [0.1, 0.15) is 26.3 Å². The highest BCUT2D eigenvalue weighted by Gasteiger charge is 2.51. The summed E-state index contributed by atoms with van der Waals surface area (Å²) in [6.45, 7) is 3.76. The normalized spacial score (nSPS) is 19.4. The molecule has 1 unspecified atom stereocenters. The smallest absolute Gasteiger partial charge is 0.410 e. The third-order valence-electron chi connectivity index (χ3n) is 3.47. The third kappa shape index (κ3) is 5.58. The second-order valence-corrected chi connectivity index (χ2v) is 6.88. The second-order valence-electron chi connectivity index (χ2n) is 6.88. The van der Waals surface area contributed by atoms with Gasteiger partial charge in [-0.3, -0.25) is 4.90 Å². The Labute approximate surface area is 145 Å². The molecule has 1 N–H and O–H groups in total. The van der Waals surface area contributed by atoms with Gasteiger partial charge in [0.15, 0.2) is 0 Å². The number of hydrogen-bond acceptors (Lipinski definition) is 4. The van der Waals surface area contributed by atoms with Gasteiger partial charge in [-0.1, -0.05) is 30.3 Å². The number of alkyl halides is 2.